The molecule has 0 aliphatic carbocycles. The van der Waals surface area contributed by atoms with Crippen LogP contribution in [0.3, 0.4) is 0 Å². The summed E-state index contributed by atoms with van der Waals surface area (Å²) in [6.07, 6.45) is 0. The largest absolute Gasteiger partial charge is 0.310 e. The van der Waals surface area contributed by atoms with Crippen LogP contribution in [0.25, 0.3) is 11.1 Å². The van der Waals surface area contributed by atoms with E-state index in [1.165, 1.54) is 0 Å². The van der Waals surface area contributed by atoms with Crippen LogP contribution in [0, 0.1) is 0 Å². The van der Waals surface area contributed by atoms with Gasteiger partial charge in [0, 0.05) is 33.2 Å². The highest BCUT2D eigenvalue weighted by molar-refractivity contribution is 6.36. The lowest BCUT2D eigenvalue weighted by atomic mass is 9.99. The van der Waals surface area contributed by atoms with E-state index in [0.29, 0.717) is 21.1 Å². The van der Waals surface area contributed by atoms with Crippen molar-refractivity contribution in [2.24, 2.45) is 0 Å². The van der Waals surface area contributed by atoms with E-state index in [0.717, 1.165) is 23.2 Å². The Hall–Kier alpha value is -0.730. The lowest BCUT2D eigenvalue weighted by Gasteiger charge is -2.14. The van der Waals surface area contributed by atoms with E-state index in [4.69, 9.17) is 34.8 Å². The van der Waals surface area contributed by atoms with Gasteiger partial charge in [0.2, 0.25) is 0 Å². The zero-order valence-corrected chi connectivity index (χ0v) is 13.7. The molecular weight excluding hydrogens is 313 g/mol. The molecule has 0 spiro atoms. The van der Waals surface area contributed by atoms with Crippen LogP contribution >= 0.6 is 34.8 Å². The summed E-state index contributed by atoms with van der Waals surface area (Å²) in [5.41, 5.74) is 3.14. The molecule has 1 nitrogen and oxygen atoms in total. The van der Waals surface area contributed by atoms with Crippen molar-refractivity contribution in [1.29, 1.82) is 0 Å². The van der Waals surface area contributed by atoms with E-state index in [2.05, 4.69) is 19.2 Å². The van der Waals surface area contributed by atoms with Gasteiger partial charge in [-0.05, 0) is 35.4 Å². The van der Waals surface area contributed by atoms with Crippen LogP contribution in [-0.2, 0) is 6.54 Å². The SMILES string of the molecule is CC(C)NCc1ccc(Cl)cc1-c1ccc(Cl)cc1Cl. The van der Waals surface area contributed by atoms with Crippen molar-refractivity contribution in [3.05, 3.63) is 57.0 Å². The van der Waals surface area contributed by atoms with Crippen LogP contribution in [0.4, 0.5) is 0 Å². The zero-order chi connectivity index (χ0) is 14.7. The second-order valence-electron chi connectivity index (χ2n) is 4.96. The first-order valence-corrected chi connectivity index (χ1v) is 7.58. The van der Waals surface area contributed by atoms with E-state index in [-0.39, 0.29) is 0 Å². The first-order valence-electron chi connectivity index (χ1n) is 6.44. The molecule has 1 N–H and O–H groups in total. The average molecular weight is 329 g/mol. The number of hydrogen-bond acceptors (Lipinski definition) is 1. The summed E-state index contributed by atoms with van der Waals surface area (Å²) in [7, 11) is 0. The molecule has 0 heterocycles. The molecule has 0 atom stereocenters. The molecule has 20 heavy (non-hydrogen) atoms. The fourth-order valence-electron chi connectivity index (χ4n) is 1.98. The Bertz CT molecular complexity index is 609. The molecule has 4 heteroatoms. The fourth-order valence-corrected chi connectivity index (χ4v) is 2.66. The zero-order valence-electron chi connectivity index (χ0n) is 11.4. The van der Waals surface area contributed by atoms with E-state index in [1.807, 2.05) is 30.3 Å². The Morgan fingerprint density at radius 1 is 0.900 bits per heavy atom. The molecule has 0 saturated heterocycles. The van der Waals surface area contributed by atoms with Gasteiger partial charge in [0.25, 0.3) is 0 Å². The summed E-state index contributed by atoms with van der Waals surface area (Å²) in [5.74, 6) is 0. The van der Waals surface area contributed by atoms with Crippen LogP contribution in [0.2, 0.25) is 15.1 Å². The summed E-state index contributed by atoms with van der Waals surface area (Å²) < 4.78 is 0. The van der Waals surface area contributed by atoms with E-state index in [1.54, 1.807) is 6.07 Å². The highest BCUT2D eigenvalue weighted by atomic mass is 35.5. The first kappa shape index (κ1) is 15.7. The van der Waals surface area contributed by atoms with Gasteiger partial charge in [-0.3, -0.25) is 0 Å². The smallest absolute Gasteiger partial charge is 0.0499 e. The maximum atomic E-state index is 6.30. The molecule has 0 unspecified atom stereocenters. The molecule has 0 saturated carbocycles. The molecule has 0 fully saturated rings. The number of halogens is 3. The standard InChI is InChI=1S/C16H16Cl3N/c1-10(2)20-9-11-3-4-12(17)7-15(11)14-6-5-13(18)8-16(14)19/h3-8,10,20H,9H2,1-2H3. The van der Waals surface area contributed by atoms with Gasteiger partial charge < -0.3 is 5.32 Å². The van der Waals surface area contributed by atoms with E-state index >= 15 is 0 Å². The summed E-state index contributed by atoms with van der Waals surface area (Å²) in [4.78, 5) is 0. The van der Waals surface area contributed by atoms with Gasteiger partial charge in [0.15, 0.2) is 0 Å². The van der Waals surface area contributed by atoms with Crippen LogP contribution in [0.5, 0.6) is 0 Å². The Labute approximate surface area is 134 Å². The van der Waals surface area contributed by atoms with Crippen molar-refractivity contribution in [3.63, 3.8) is 0 Å². The summed E-state index contributed by atoms with van der Waals surface area (Å²) in [6, 6.07) is 11.8. The van der Waals surface area contributed by atoms with Crippen LogP contribution in [0.15, 0.2) is 36.4 Å². The van der Waals surface area contributed by atoms with Crippen molar-refractivity contribution >= 4 is 34.8 Å². The molecular formula is C16H16Cl3N. The molecule has 0 aliphatic heterocycles. The van der Waals surface area contributed by atoms with Crippen molar-refractivity contribution in [1.82, 2.24) is 5.32 Å². The molecule has 106 valence electrons. The topological polar surface area (TPSA) is 12.0 Å². The molecule has 0 aliphatic rings. The maximum Gasteiger partial charge on any atom is 0.0499 e. The van der Waals surface area contributed by atoms with Crippen molar-refractivity contribution in [2.75, 3.05) is 0 Å². The molecule has 0 aromatic heterocycles. The Morgan fingerprint density at radius 2 is 1.55 bits per heavy atom. The Kier molecular flexibility index (Phi) is 5.34. The molecule has 2 aromatic rings. The molecule has 0 amide bonds. The lowest BCUT2D eigenvalue weighted by molar-refractivity contribution is 0.589. The van der Waals surface area contributed by atoms with Crippen molar-refractivity contribution in [2.45, 2.75) is 26.4 Å². The third kappa shape index (κ3) is 3.89. The molecule has 2 rings (SSSR count). The average Bonchev–Trinajstić information content (AvgIpc) is 2.37. The summed E-state index contributed by atoms with van der Waals surface area (Å²) in [6.45, 7) is 5.00. The predicted octanol–water partition coefficient (Wildman–Crippen LogP) is 5.81. The van der Waals surface area contributed by atoms with Gasteiger partial charge in [-0.25, -0.2) is 0 Å². The minimum Gasteiger partial charge on any atom is -0.310 e. The van der Waals surface area contributed by atoms with Gasteiger partial charge in [0.05, 0.1) is 0 Å². The number of rotatable bonds is 4. The third-order valence-corrected chi connectivity index (χ3v) is 3.78. The maximum absolute atomic E-state index is 6.30. The Balaban J connectivity index is 2.45. The minimum absolute atomic E-state index is 0.416. The third-order valence-electron chi connectivity index (χ3n) is 2.99. The minimum atomic E-state index is 0.416. The second-order valence-corrected chi connectivity index (χ2v) is 6.24. The molecule has 0 radical (unpaired) electrons. The highest BCUT2D eigenvalue weighted by Gasteiger charge is 2.10. The van der Waals surface area contributed by atoms with Crippen LogP contribution < -0.4 is 5.32 Å². The van der Waals surface area contributed by atoms with Crippen LogP contribution in [0.1, 0.15) is 19.4 Å². The normalized spacial score (nSPS) is 11.1. The van der Waals surface area contributed by atoms with E-state index in [9.17, 15) is 0 Å². The highest BCUT2D eigenvalue weighted by Crippen LogP contribution is 2.34. The molecule has 0 bridgehead atoms. The van der Waals surface area contributed by atoms with E-state index < -0.39 is 0 Å². The predicted molar refractivity (Wildman–Crippen MR) is 88.9 cm³/mol. The van der Waals surface area contributed by atoms with Gasteiger partial charge in [0.1, 0.15) is 0 Å². The second kappa shape index (κ2) is 6.82. The van der Waals surface area contributed by atoms with Crippen molar-refractivity contribution in [3.8, 4) is 11.1 Å². The summed E-state index contributed by atoms with van der Waals surface area (Å²) in [5, 5.41) is 5.36. The lowest BCUT2D eigenvalue weighted by Crippen LogP contribution is -2.22. The van der Waals surface area contributed by atoms with Gasteiger partial charge in [-0.15, -0.1) is 0 Å². The van der Waals surface area contributed by atoms with Crippen molar-refractivity contribution < 1.29 is 0 Å². The quantitative estimate of drug-likeness (QED) is 0.746. The molecule has 2 aromatic carbocycles. The first-order chi connectivity index (χ1) is 9.47. The number of nitrogens with one attached hydrogen (secondary N) is 1. The Morgan fingerprint density at radius 3 is 2.20 bits per heavy atom. The van der Waals surface area contributed by atoms with Gasteiger partial charge in [-0.2, -0.15) is 0 Å². The summed E-state index contributed by atoms with van der Waals surface area (Å²) >= 11 is 18.4. The number of benzene rings is 2. The van der Waals surface area contributed by atoms with Gasteiger partial charge >= 0.3 is 0 Å². The fraction of sp³-hybridized carbons (Fsp3) is 0.250. The van der Waals surface area contributed by atoms with Gasteiger partial charge in [-0.1, -0.05) is 60.8 Å². The number of hydrogen-bond donors (Lipinski definition) is 1. The monoisotopic (exact) mass is 327 g/mol. The van der Waals surface area contributed by atoms with Crippen LogP contribution in [-0.4, -0.2) is 6.04 Å².